The van der Waals surface area contributed by atoms with Crippen LogP contribution in [0.5, 0.6) is 5.75 Å². The summed E-state index contributed by atoms with van der Waals surface area (Å²) >= 11 is 0. The molecular weight excluding hydrogens is 392 g/mol. The van der Waals surface area contributed by atoms with Gasteiger partial charge in [-0.25, -0.2) is 17.6 Å². The van der Waals surface area contributed by atoms with E-state index in [1.54, 1.807) is 19.1 Å². The van der Waals surface area contributed by atoms with E-state index in [0.717, 1.165) is 25.7 Å². The molecule has 2 aromatic rings. The van der Waals surface area contributed by atoms with Crippen LogP contribution in [-0.4, -0.2) is 6.61 Å². The van der Waals surface area contributed by atoms with Crippen LogP contribution in [-0.2, 0) is 0 Å². The maximum atomic E-state index is 15.5. The van der Waals surface area contributed by atoms with E-state index >= 15 is 8.78 Å². The molecule has 0 aromatic heterocycles. The maximum absolute atomic E-state index is 15.5. The lowest BCUT2D eigenvalue weighted by molar-refractivity contribution is 0.159. The molecular formula is C25H26F4O. The van der Waals surface area contributed by atoms with E-state index in [9.17, 15) is 8.78 Å². The fraction of sp³-hybridized carbons (Fsp3) is 0.440. The SMILES string of the molecule is CCCC1=CCC(c2ccc3c(c2F)C(F)C(F)c2c-3ccc(OCC)c2F)CC1. The van der Waals surface area contributed by atoms with Gasteiger partial charge in [0, 0.05) is 11.1 Å². The van der Waals surface area contributed by atoms with E-state index in [-0.39, 0.29) is 35.0 Å². The molecule has 5 heteroatoms. The van der Waals surface area contributed by atoms with Crippen molar-refractivity contribution in [1.82, 2.24) is 0 Å². The lowest BCUT2D eigenvalue weighted by atomic mass is 9.78. The first-order valence-electron chi connectivity index (χ1n) is 10.7. The molecule has 1 nitrogen and oxygen atoms in total. The highest BCUT2D eigenvalue weighted by Crippen LogP contribution is 2.52. The number of benzene rings is 2. The first kappa shape index (κ1) is 21.0. The van der Waals surface area contributed by atoms with Gasteiger partial charge in [-0.15, -0.1) is 0 Å². The maximum Gasteiger partial charge on any atom is 0.171 e. The van der Waals surface area contributed by atoms with Crippen LogP contribution in [0.4, 0.5) is 17.6 Å². The highest BCUT2D eigenvalue weighted by atomic mass is 19.2. The largest absolute Gasteiger partial charge is 0.491 e. The topological polar surface area (TPSA) is 9.23 Å². The normalized spacial score (nSPS) is 22.9. The number of fused-ring (bicyclic) bond motifs is 3. The van der Waals surface area contributed by atoms with Crippen LogP contribution >= 0.6 is 0 Å². The minimum absolute atomic E-state index is 0.0559. The Kier molecular flexibility index (Phi) is 5.90. The zero-order valence-electron chi connectivity index (χ0n) is 17.3. The Morgan fingerprint density at radius 1 is 0.933 bits per heavy atom. The summed E-state index contributed by atoms with van der Waals surface area (Å²) in [5, 5.41) is 0. The molecule has 0 saturated heterocycles. The summed E-state index contributed by atoms with van der Waals surface area (Å²) in [7, 11) is 0. The smallest absolute Gasteiger partial charge is 0.171 e. The Morgan fingerprint density at radius 3 is 2.20 bits per heavy atom. The van der Waals surface area contributed by atoms with E-state index < -0.39 is 29.5 Å². The van der Waals surface area contributed by atoms with Gasteiger partial charge in [0.2, 0.25) is 0 Å². The van der Waals surface area contributed by atoms with Crippen LogP contribution in [0.2, 0.25) is 0 Å². The Hall–Kier alpha value is -2.30. The molecule has 4 rings (SSSR count). The van der Waals surface area contributed by atoms with Crippen LogP contribution in [0.1, 0.15) is 80.9 Å². The van der Waals surface area contributed by atoms with E-state index in [4.69, 9.17) is 4.74 Å². The van der Waals surface area contributed by atoms with Gasteiger partial charge < -0.3 is 4.74 Å². The van der Waals surface area contributed by atoms with Gasteiger partial charge in [0.25, 0.3) is 0 Å². The molecule has 0 saturated carbocycles. The van der Waals surface area contributed by atoms with Crippen molar-refractivity contribution < 1.29 is 22.3 Å². The van der Waals surface area contributed by atoms with Gasteiger partial charge in [-0.1, -0.05) is 43.2 Å². The first-order valence-corrected chi connectivity index (χ1v) is 10.7. The molecule has 0 bridgehead atoms. The van der Waals surface area contributed by atoms with Crippen molar-refractivity contribution >= 4 is 0 Å². The van der Waals surface area contributed by atoms with Gasteiger partial charge in [0.1, 0.15) is 5.82 Å². The molecule has 0 heterocycles. The Labute approximate surface area is 174 Å². The molecule has 0 amide bonds. The molecule has 30 heavy (non-hydrogen) atoms. The van der Waals surface area contributed by atoms with Crippen LogP contribution in [0.25, 0.3) is 11.1 Å². The summed E-state index contributed by atoms with van der Waals surface area (Å²) in [6.07, 6.45) is 2.13. The highest BCUT2D eigenvalue weighted by Gasteiger charge is 2.40. The molecule has 2 aromatic carbocycles. The fourth-order valence-electron chi connectivity index (χ4n) is 4.79. The monoisotopic (exact) mass is 418 g/mol. The van der Waals surface area contributed by atoms with E-state index in [1.807, 2.05) is 0 Å². The Balaban J connectivity index is 1.76. The number of allylic oxidation sites excluding steroid dienone is 2. The van der Waals surface area contributed by atoms with Crippen molar-refractivity contribution in [3.63, 3.8) is 0 Å². The molecule has 0 radical (unpaired) electrons. The summed E-state index contributed by atoms with van der Waals surface area (Å²) in [5.74, 6) is -1.79. The molecule has 0 aliphatic heterocycles. The predicted molar refractivity (Wildman–Crippen MR) is 110 cm³/mol. The Morgan fingerprint density at radius 2 is 1.60 bits per heavy atom. The van der Waals surface area contributed by atoms with Crippen LogP contribution in [0.3, 0.4) is 0 Å². The van der Waals surface area contributed by atoms with Gasteiger partial charge in [-0.05, 0) is 61.3 Å². The summed E-state index contributed by atoms with van der Waals surface area (Å²) in [4.78, 5) is 0. The minimum Gasteiger partial charge on any atom is -0.491 e. The second-order valence-corrected chi connectivity index (χ2v) is 8.09. The fourth-order valence-corrected chi connectivity index (χ4v) is 4.79. The minimum atomic E-state index is -2.28. The summed E-state index contributed by atoms with van der Waals surface area (Å²) in [6, 6.07) is 6.14. The average Bonchev–Trinajstić information content (AvgIpc) is 2.74. The van der Waals surface area contributed by atoms with E-state index in [0.29, 0.717) is 12.0 Å². The van der Waals surface area contributed by atoms with Gasteiger partial charge in [0.05, 0.1) is 6.61 Å². The first-order chi connectivity index (χ1) is 14.5. The van der Waals surface area contributed by atoms with E-state index in [1.165, 1.54) is 17.7 Å². The van der Waals surface area contributed by atoms with Crippen molar-refractivity contribution in [3.8, 4) is 16.9 Å². The van der Waals surface area contributed by atoms with Crippen molar-refractivity contribution in [2.24, 2.45) is 0 Å². The molecule has 2 aliphatic carbocycles. The van der Waals surface area contributed by atoms with Crippen molar-refractivity contribution in [2.45, 2.75) is 64.2 Å². The number of ether oxygens (including phenoxy) is 1. The van der Waals surface area contributed by atoms with Crippen molar-refractivity contribution in [2.75, 3.05) is 6.61 Å². The standard InChI is InChI=1S/C25H26F4O/c1-3-5-14-6-8-15(9-7-14)16-10-11-17-18-12-13-19(30-4-2)23(27)21(18)25(29)24(28)20(17)22(16)26/h6,10-13,15,24-25H,3-5,7-9H2,1-2H3. The lowest BCUT2D eigenvalue weighted by Crippen LogP contribution is -2.17. The van der Waals surface area contributed by atoms with Gasteiger partial charge in [0.15, 0.2) is 23.9 Å². The van der Waals surface area contributed by atoms with Crippen molar-refractivity contribution in [3.05, 3.63) is 64.2 Å². The number of rotatable bonds is 5. The van der Waals surface area contributed by atoms with Crippen LogP contribution in [0.15, 0.2) is 35.9 Å². The molecule has 3 unspecified atom stereocenters. The second kappa shape index (κ2) is 8.44. The van der Waals surface area contributed by atoms with Gasteiger partial charge in [-0.3, -0.25) is 0 Å². The zero-order valence-corrected chi connectivity index (χ0v) is 17.3. The van der Waals surface area contributed by atoms with Crippen molar-refractivity contribution in [1.29, 1.82) is 0 Å². The third-order valence-corrected chi connectivity index (χ3v) is 6.27. The third kappa shape index (κ3) is 3.42. The lowest BCUT2D eigenvalue weighted by Gasteiger charge is -2.30. The van der Waals surface area contributed by atoms with Gasteiger partial charge >= 0.3 is 0 Å². The molecule has 160 valence electrons. The third-order valence-electron chi connectivity index (χ3n) is 6.27. The second-order valence-electron chi connectivity index (χ2n) is 8.09. The van der Waals surface area contributed by atoms with Crippen LogP contribution < -0.4 is 4.74 Å². The number of hydrogen-bond acceptors (Lipinski definition) is 1. The quantitative estimate of drug-likeness (QED) is 0.352. The summed E-state index contributed by atoms with van der Waals surface area (Å²) in [5.41, 5.74) is 1.52. The molecule has 2 aliphatic rings. The number of hydrogen-bond donors (Lipinski definition) is 0. The molecule has 0 fully saturated rings. The van der Waals surface area contributed by atoms with Gasteiger partial charge in [-0.2, -0.15) is 0 Å². The van der Waals surface area contributed by atoms with E-state index in [2.05, 4.69) is 13.0 Å². The number of halogens is 4. The Bertz CT molecular complexity index is 982. The highest BCUT2D eigenvalue weighted by molar-refractivity contribution is 5.76. The molecule has 0 N–H and O–H groups in total. The molecule has 0 spiro atoms. The summed E-state index contributed by atoms with van der Waals surface area (Å²) in [6.45, 7) is 4.01. The molecule has 3 atom stereocenters. The predicted octanol–water partition coefficient (Wildman–Crippen LogP) is 8.06. The average molecular weight is 418 g/mol. The van der Waals surface area contributed by atoms with Crippen LogP contribution in [0, 0.1) is 11.6 Å². The summed E-state index contributed by atoms with van der Waals surface area (Å²) < 4.78 is 65.5. The number of alkyl halides is 2. The zero-order chi connectivity index (χ0) is 21.4.